The van der Waals surface area contributed by atoms with Gasteiger partial charge in [0.15, 0.2) is 15.0 Å². The normalized spacial score (nSPS) is 13.3. The molecule has 0 spiro atoms. The van der Waals surface area contributed by atoms with E-state index in [9.17, 15) is 0 Å². The highest BCUT2D eigenvalue weighted by Gasteiger charge is 2.24. The third-order valence-electron chi connectivity index (χ3n) is 3.14. The van der Waals surface area contributed by atoms with Crippen LogP contribution in [0.15, 0.2) is 64.4 Å². The van der Waals surface area contributed by atoms with Gasteiger partial charge < -0.3 is 0 Å². The van der Waals surface area contributed by atoms with Crippen molar-refractivity contribution in [2.24, 2.45) is 0 Å². The van der Waals surface area contributed by atoms with Gasteiger partial charge in [-0.15, -0.1) is 0 Å². The number of halogens is 1. The predicted molar refractivity (Wildman–Crippen MR) is 86.2 cm³/mol. The van der Waals surface area contributed by atoms with Crippen molar-refractivity contribution in [3.63, 3.8) is 0 Å². The molecular weight excluding hydrogens is 272 g/mol. The molecule has 0 aliphatic carbocycles. The zero-order valence-electron chi connectivity index (χ0n) is 11.7. The molecule has 0 aromatic heterocycles. The zero-order chi connectivity index (χ0) is 13.9. The molecule has 0 N–H and O–H groups in total. The van der Waals surface area contributed by atoms with E-state index in [1.807, 2.05) is 6.07 Å². The smallest absolute Gasteiger partial charge is 0.0672 e. The largest absolute Gasteiger partial charge is 0.192 e. The van der Waals surface area contributed by atoms with Crippen LogP contribution < -0.4 is 0 Å². The Labute approximate surface area is 124 Å². The van der Waals surface area contributed by atoms with Crippen molar-refractivity contribution in [3.8, 4) is 0 Å². The molecule has 1 atom stereocenters. The summed E-state index contributed by atoms with van der Waals surface area (Å²) in [5, 5.41) is 0.638. The maximum atomic E-state index is 6.18. The van der Waals surface area contributed by atoms with E-state index in [2.05, 4.69) is 69.3 Å². The lowest BCUT2D eigenvalue weighted by molar-refractivity contribution is 0.589. The van der Waals surface area contributed by atoms with E-state index in [1.54, 1.807) is 0 Å². The van der Waals surface area contributed by atoms with Gasteiger partial charge in [-0.05, 0) is 35.2 Å². The molecule has 0 bridgehead atoms. The average Bonchev–Trinajstić information content (AvgIpc) is 2.40. The molecule has 0 saturated heterocycles. The van der Waals surface area contributed by atoms with Crippen molar-refractivity contribution in [1.29, 1.82) is 0 Å². The Kier molecular flexibility index (Phi) is 4.59. The van der Waals surface area contributed by atoms with Crippen LogP contribution in [0.4, 0.5) is 0 Å². The quantitative estimate of drug-likeness (QED) is 0.537. The van der Waals surface area contributed by atoms with Crippen molar-refractivity contribution >= 4 is 22.5 Å². The Morgan fingerprint density at radius 2 is 1.37 bits per heavy atom. The Balaban J connectivity index is 2.30. The molecule has 100 valence electrons. The Morgan fingerprint density at radius 1 is 0.842 bits per heavy atom. The molecule has 1 unspecified atom stereocenters. The molecule has 19 heavy (non-hydrogen) atoms. The van der Waals surface area contributed by atoms with Gasteiger partial charge in [-0.3, -0.25) is 0 Å². The van der Waals surface area contributed by atoms with E-state index in [0.29, 0.717) is 5.21 Å². The Hall–Kier alpha value is -0.920. The van der Waals surface area contributed by atoms with Gasteiger partial charge >= 0.3 is 0 Å². The van der Waals surface area contributed by atoms with Crippen LogP contribution in [0.2, 0.25) is 0 Å². The van der Waals surface area contributed by atoms with Crippen LogP contribution in [0.3, 0.4) is 0 Å². The summed E-state index contributed by atoms with van der Waals surface area (Å²) in [5.41, 5.74) is 1.56. The van der Waals surface area contributed by atoms with Crippen LogP contribution in [0.5, 0.6) is 0 Å². The zero-order valence-corrected chi connectivity index (χ0v) is 13.3. The average molecular weight is 292 g/mol. The first-order valence-corrected chi connectivity index (χ1v) is 8.37. The van der Waals surface area contributed by atoms with Crippen LogP contribution in [0, 0.1) is 0 Å². The number of hydrogen-bond donors (Lipinski definition) is 0. The predicted octanol–water partition coefficient (Wildman–Crippen LogP) is 5.22. The van der Waals surface area contributed by atoms with Crippen molar-refractivity contribution in [1.82, 2.24) is 0 Å². The maximum Gasteiger partial charge on any atom is 0.192 e. The lowest BCUT2D eigenvalue weighted by Crippen LogP contribution is -2.11. The van der Waals surface area contributed by atoms with Gasteiger partial charge in [-0.1, -0.05) is 62.7 Å². The van der Waals surface area contributed by atoms with Crippen molar-refractivity contribution in [3.05, 3.63) is 60.2 Å². The first-order valence-electron chi connectivity index (χ1n) is 6.45. The summed E-state index contributed by atoms with van der Waals surface area (Å²) >= 11 is 6.18. The fraction of sp³-hybridized carbons (Fsp3) is 0.294. The van der Waals surface area contributed by atoms with Crippen LogP contribution in [-0.4, -0.2) is 5.21 Å². The first-order chi connectivity index (χ1) is 9.02. The fourth-order valence-electron chi connectivity index (χ4n) is 1.97. The van der Waals surface area contributed by atoms with Gasteiger partial charge in [0, 0.05) is 0 Å². The third kappa shape index (κ3) is 3.55. The van der Waals surface area contributed by atoms with E-state index >= 15 is 0 Å². The van der Waals surface area contributed by atoms with Gasteiger partial charge in [-0.25, -0.2) is 0 Å². The summed E-state index contributed by atoms with van der Waals surface area (Å²) in [4.78, 5) is 2.62. The molecule has 0 aliphatic heterocycles. The molecular formula is C17H20ClS+. The second-order valence-corrected chi connectivity index (χ2v) is 8.18. The minimum Gasteiger partial charge on any atom is -0.0672 e. The molecule has 0 aliphatic rings. The van der Waals surface area contributed by atoms with Gasteiger partial charge in [-0.2, -0.15) is 0 Å². The standard InChI is InChI=1S/C17H20ClS/c1-17(2,3)14-9-11-16(12-10-14)19(13-18)15-7-5-4-6-8-15/h4-12H,13H2,1-3H3/q+1. The third-order valence-corrected chi connectivity index (χ3v) is 5.70. The molecule has 0 radical (unpaired) electrons. The van der Waals surface area contributed by atoms with Crippen LogP contribution >= 0.6 is 11.6 Å². The Bertz CT molecular complexity index is 511. The topological polar surface area (TPSA) is 0 Å². The summed E-state index contributed by atoms with van der Waals surface area (Å²) in [5.74, 6) is 0. The summed E-state index contributed by atoms with van der Waals surface area (Å²) in [6.45, 7) is 6.71. The van der Waals surface area contributed by atoms with Crippen LogP contribution in [0.1, 0.15) is 26.3 Å². The van der Waals surface area contributed by atoms with Crippen molar-refractivity contribution in [2.75, 3.05) is 5.21 Å². The first kappa shape index (κ1) is 14.5. The molecule has 2 heteroatoms. The van der Waals surface area contributed by atoms with E-state index < -0.39 is 0 Å². The van der Waals surface area contributed by atoms with E-state index in [4.69, 9.17) is 11.6 Å². The van der Waals surface area contributed by atoms with E-state index in [1.165, 1.54) is 15.4 Å². The van der Waals surface area contributed by atoms with Crippen LogP contribution in [-0.2, 0) is 16.3 Å². The number of benzene rings is 2. The molecule has 0 saturated carbocycles. The monoisotopic (exact) mass is 291 g/mol. The lowest BCUT2D eigenvalue weighted by atomic mass is 9.87. The van der Waals surface area contributed by atoms with E-state index in [0.717, 1.165) is 0 Å². The molecule has 0 heterocycles. The van der Waals surface area contributed by atoms with Crippen molar-refractivity contribution in [2.45, 2.75) is 36.0 Å². The fourth-order valence-corrected chi connectivity index (χ4v) is 4.20. The molecule has 2 aromatic rings. The van der Waals surface area contributed by atoms with Crippen molar-refractivity contribution < 1.29 is 0 Å². The second kappa shape index (κ2) is 6.02. The summed E-state index contributed by atoms with van der Waals surface area (Å²) in [7, 11) is -0.0278. The molecule has 0 fully saturated rings. The molecule has 2 aromatic carbocycles. The highest BCUT2D eigenvalue weighted by Crippen LogP contribution is 2.28. The lowest BCUT2D eigenvalue weighted by Gasteiger charge is -2.18. The van der Waals surface area contributed by atoms with Crippen LogP contribution in [0.25, 0.3) is 0 Å². The second-order valence-electron chi connectivity index (χ2n) is 5.59. The Morgan fingerprint density at radius 3 is 1.84 bits per heavy atom. The molecule has 0 amide bonds. The SMILES string of the molecule is CC(C)(C)c1ccc([S+](CCl)c2ccccc2)cc1. The summed E-state index contributed by atoms with van der Waals surface area (Å²) < 4.78 is 0. The molecule has 2 rings (SSSR count). The van der Waals surface area contributed by atoms with Gasteiger partial charge in [0.1, 0.15) is 0 Å². The highest BCUT2D eigenvalue weighted by atomic mass is 35.5. The van der Waals surface area contributed by atoms with E-state index in [-0.39, 0.29) is 16.3 Å². The molecule has 0 nitrogen and oxygen atoms in total. The minimum absolute atomic E-state index is 0.0278. The summed E-state index contributed by atoms with van der Waals surface area (Å²) in [6, 6.07) is 19.4. The number of rotatable bonds is 3. The number of alkyl halides is 1. The van der Waals surface area contributed by atoms with Gasteiger partial charge in [0.2, 0.25) is 0 Å². The van der Waals surface area contributed by atoms with Gasteiger partial charge in [0.25, 0.3) is 0 Å². The summed E-state index contributed by atoms with van der Waals surface area (Å²) in [6.07, 6.45) is 0. The van der Waals surface area contributed by atoms with Gasteiger partial charge in [0.05, 0.1) is 10.9 Å². The maximum absolute atomic E-state index is 6.18. The minimum atomic E-state index is -0.0278. The highest BCUT2D eigenvalue weighted by molar-refractivity contribution is 7.98. The number of hydrogen-bond acceptors (Lipinski definition) is 0.